The van der Waals surface area contributed by atoms with E-state index in [2.05, 4.69) is 15.9 Å². The number of rotatable bonds is 2. The zero-order valence-electron chi connectivity index (χ0n) is 11.0. The number of halogens is 1. The van der Waals surface area contributed by atoms with Crippen molar-refractivity contribution in [1.29, 1.82) is 0 Å². The van der Waals surface area contributed by atoms with Gasteiger partial charge in [-0.25, -0.2) is 0 Å². The minimum atomic E-state index is -0.780. The maximum atomic E-state index is 12.6. The molecule has 1 fully saturated rings. The molecule has 1 aromatic rings. The lowest BCUT2D eigenvalue weighted by Gasteiger charge is -2.23. The van der Waals surface area contributed by atoms with E-state index in [1.54, 1.807) is 19.1 Å². The molecule has 20 heavy (non-hydrogen) atoms. The van der Waals surface area contributed by atoms with Gasteiger partial charge in [-0.3, -0.25) is 9.59 Å². The number of aliphatic hydroxyl groups excluding tert-OH is 1. The quantitative estimate of drug-likeness (QED) is 0.676. The van der Waals surface area contributed by atoms with Crippen molar-refractivity contribution in [1.82, 2.24) is 4.90 Å². The van der Waals surface area contributed by atoms with E-state index in [4.69, 9.17) is 11.5 Å². The average Bonchev–Trinajstić information content (AvgIpc) is 2.75. The van der Waals surface area contributed by atoms with E-state index in [1.807, 2.05) is 0 Å². The molecular formula is C13H16BrN3O3. The van der Waals surface area contributed by atoms with E-state index in [-0.39, 0.29) is 18.9 Å². The fourth-order valence-corrected chi connectivity index (χ4v) is 2.86. The molecule has 0 radical (unpaired) electrons. The molecule has 2 rings (SSSR count). The number of anilines is 1. The summed E-state index contributed by atoms with van der Waals surface area (Å²) in [5.74, 6) is -0.966. The van der Waals surface area contributed by atoms with Crippen LogP contribution >= 0.6 is 15.9 Å². The maximum absolute atomic E-state index is 12.6. The highest BCUT2D eigenvalue weighted by molar-refractivity contribution is 9.10. The number of hydrogen-bond acceptors (Lipinski definition) is 4. The summed E-state index contributed by atoms with van der Waals surface area (Å²) in [5.41, 5.74) is 12.7. The van der Waals surface area contributed by atoms with Crippen molar-refractivity contribution in [2.24, 2.45) is 5.73 Å². The van der Waals surface area contributed by atoms with Crippen LogP contribution in [-0.2, 0) is 4.79 Å². The Kier molecular flexibility index (Phi) is 4.01. The summed E-state index contributed by atoms with van der Waals surface area (Å²) in [6.45, 7) is 1.83. The molecule has 1 aliphatic rings. The number of hydrogen-bond donors (Lipinski definition) is 3. The fourth-order valence-electron chi connectivity index (χ4n) is 2.38. The third-order valence-electron chi connectivity index (χ3n) is 3.51. The van der Waals surface area contributed by atoms with Crippen LogP contribution in [-0.4, -0.2) is 40.5 Å². The largest absolute Gasteiger partial charge is 0.398 e. The first kappa shape index (κ1) is 14.8. The third kappa shape index (κ3) is 2.64. The number of likely N-dealkylation sites (tertiary alicyclic amines) is 1. The van der Waals surface area contributed by atoms with Gasteiger partial charge in [0.25, 0.3) is 5.91 Å². The van der Waals surface area contributed by atoms with Gasteiger partial charge in [0, 0.05) is 28.7 Å². The van der Waals surface area contributed by atoms with E-state index < -0.39 is 18.1 Å². The van der Waals surface area contributed by atoms with Crippen LogP contribution < -0.4 is 11.5 Å². The first-order chi connectivity index (χ1) is 9.31. The predicted octanol–water partition coefficient (Wildman–Crippen LogP) is 0.400. The molecule has 1 saturated heterocycles. The van der Waals surface area contributed by atoms with Gasteiger partial charge < -0.3 is 21.5 Å². The molecule has 2 atom stereocenters. The Morgan fingerprint density at radius 2 is 2.10 bits per heavy atom. The van der Waals surface area contributed by atoms with Crippen LogP contribution in [0.4, 0.5) is 5.69 Å². The summed E-state index contributed by atoms with van der Waals surface area (Å²) in [6.07, 6.45) is -0.565. The Morgan fingerprint density at radius 3 is 2.70 bits per heavy atom. The van der Waals surface area contributed by atoms with Crippen molar-refractivity contribution >= 4 is 33.4 Å². The topological polar surface area (TPSA) is 110 Å². The summed E-state index contributed by atoms with van der Waals surface area (Å²) >= 11 is 3.29. The Balaban J connectivity index is 2.38. The van der Waals surface area contributed by atoms with Crippen molar-refractivity contribution in [3.63, 3.8) is 0 Å². The monoisotopic (exact) mass is 341 g/mol. The van der Waals surface area contributed by atoms with Crippen LogP contribution in [0.3, 0.4) is 0 Å². The van der Waals surface area contributed by atoms with E-state index in [1.165, 1.54) is 4.90 Å². The number of nitrogens with two attached hydrogens (primary N) is 2. The Bertz CT molecular complexity index is 576. The van der Waals surface area contributed by atoms with Crippen LogP contribution in [0.15, 0.2) is 16.6 Å². The average molecular weight is 342 g/mol. The van der Waals surface area contributed by atoms with Crippen LogP contribution in [0.2, 0.25) is 0 Å². The van der Waals surface area contributed by atoms with E-state index in [0.717, 1.165) is 0 Å². The molecule has 108 valence electrons. The van der Waals surface area contributed by atoms with Gasteiger partial charge >= 0.3 is 0 Å². The number of primary amides is 1. The fraction of sp³-hybridized carbons (Fsp3) is 0.385. The molecule has 2 amide bonds. The molecule has 1 aromatic carbocycles. The third-order valence-corrected chi connectivity index (χ3v) is 3.97. The van der Waals surface area contributed by atoms with Gasteiger partial charge in [0.05, 0.1) is 6.10 Å². The SMILES string of the molecule is Cc1c(N)cc(Br)cc1C(=O)N1CC(O)CC1C(N)=O. The molecule has 0 saturated carbocycles. The summed E-state index contributed by atoms with van der Waals surface area (Å²) in [6, 6.07) is 2.57. The van der Waals surface area contributed by atoms with Gasteiger partial charge in [-0.1, -0.05) is 15.9 Å². The number of nitrogens with zero attached hydrogens (tertiary/aromatic N) is 1. The number of β-amino-alcohol motifs (C(OH)–C–C–N with tert-alkyl or cyclic N) is 1. The zero-order chi connectivity index (χ0) is 15.0. The molecule has 7 heteroatoms. The molecule has 1 heterocycles. The minimum absolute atomic E-state index is 0.0955. The van der Waals surface area contributed by atoms with E-state index in [0.29, 0.717) is 21.3 Å². The number of amides is 2. The summed E-state index contributed by atoms with van der Waals surface area (Å²) in [4.78, 5) is 25.3. The predicted molar refractivity (Wildman–Crippen MR) is 77.9 cm³/mol. The minimum Gasteiger partial charge on any atom is -0.398 e. The number of carbonyl (C=O) groups excluding carboxylic acids is 2. The van der Waals surface area contributed by atoms with Gasteiger partial charge in [-0.05, 0) is 24.6 Å². The Labute approximate surface area is 124 Å². The smallest absolute Gasteiger partial charge is 0.255 e. The molecular weight excluding hydrogens is 326 g/mol. The lowest BCUT2D eigenvalue weighted by atomic mass is 10.1. The first-order valence-corrected chi connectivity index (χ1v) is 6.94. The zero-order valence-corrected chi connectivity index (χ0v) is 12.6. The summed E-state index contributed by atoms with van der Waals surface area (Å²) in [5, 5.41) is 9.66. The highest BCUT2D eigenvalue weighted by Crippen LogP contribution is 2.27. The lowest BCUT2D eigenvalue weighted by Crippen LogP contribution is -2.44. The highest BCUT2D eigenvalue weighted by Gasteiger charge is 2.38. The van der Waals surface area contributed by atoms with Crippen LogP contribution in [0.5, 0.6) is 0 Å². The van der Waals surface area contributed by atoms with Crippen molar-refractivity contribution in [3.05, 3.63) is 27.7 Å². The molecule has 0 aliphatic carbocycles. The number of benzene rings is 1. The van der Waals surface area contributed by atoms with Crippen LogP contribution in [0.25, 0.3) is 0 Å². The van der Waals surface area contributed by atoms with E-state index in [9.17, 15) is 14.7 Å². The van der Waals surface area contributed by atoms with Crippen molar-refractivity contribution in [2.75, 3.05) is 12.3 Å². The Hall–Kier alpha value is -1.60. The van der Waals surface area contributed by atoms with Crippen molar-refractivity contribution in [2.45, 2.75) is 25.5 Å². The van der Waals surface area contributed by atoms with Crippen LogP contribution in [0.1, 0.15) is 22.3 Å². The molecule has 0 bridgehead atoms. The first-order valence-electron chi connectivity index (χ1n) is 6.15. The molecule has 6 nitrogen and oxygen atoms in total. The van der Waals surface area contributed by atoms with E-state index >= 15 is 0 Å². The Morgan fingerprint density at radius 1 is 1.45 bits per heavy atom. The van der Waals surface area contributed by atoms with Gasteiger partial charge in [-0.15, -0.1) is 0 Å². The number of aliphatic hydroxyl groups is 1. The van der Waals surface area contributed by atoms with Gasteiger partial charge in [0.2, 0.25) is 5.91 Å². The summed E-state index contributed by atoms with van der Waals surface area (Å²) in [7, 11) is 0. The normalized spacial score (nSPS) is 22.1. The standard InChI is InChI=1S/C13H16BrN3O3/c1-6-9(2-7(14)3-10(6)15)13(20)17-5-8(18)4-11(17)12(16)19/h2-3,8,11,18H,4-5,15H2,1H3,(H2,16,19). The number of carbonyl (C=O) groups is 2. The molecule has 0 spiro atoms. The van der Waals surface area contributed by atoms with Crippen LogP contribution in [0, 0.1) is 6.92 Å². The van der Waals surface area contributed by atoms with Crippen molar-refractivity contribution < 1.29 is 14.7 Å². The second kappa shape index (κ2) is 5.41. The molecule has 2 unspecified atom stereocenters. The molecule has 0 aromatic heterocycles. The molecule has 5 N–H and O–H groups in total. The summed E-state index contributed by atoms with van der Waals surface area (Å²) < 4.78 is 0.680. The number of nitrogen functional groups attached to an aromatic ring is 1. The second-order valence-electron chi connectivity index (χ2n) is 4.93. The maximum Gasteiger partial charge on any atom is 0.255 e. The van der Waals surface area contributed by atoms with Gasteiger partial charge in [0.15, 0.2) is 0 Å². The van der Waals surface area contributed by atoms with Crippen molar-refractivity contribution in [3.8, 4) is 0 Å². The highest BCUT2D eigenvalue weighted by atomic mass is 79.9. The van der Waals surface area contributed by atoms with Gasteiger partial charge in [-0.2, -0.15) is 0 Å². The molecule has 1 aliphatic heterocycles. The lowest BCUT2D eigenvalue weighted by molar-refractivity contribution is -0.121. The van der Waals surface area contributed by atoms with Gasteiger partial charge in [0.1, 0.15) is 6.04 Å². The second-order valence-corrected chi connectivity index (χ2v) is 5.85.